The maximum Gasteiger partial charge on any atom is 0.344 e. The fraction of sp³-hybridized carbons (Fsp3) is 0.412. The minimum Gasteiger partial charge on any atom is -0.482 e. The lowest BCUT2D eigenvalue weighted by Crippen LogP contribution is -2.18. The van der Waals surface area contributed by atoms with Crippen LogP contribution in [-0.2, 0) is 22.4 Å². The summed E-state index contributed by atoms with van der Waals surface area (Å²) in [6.07, 6.45) is 2.50. The number of ether oxygens (including phenoxy) is 2. The number of carbonyl (C=O) groups excluding carboxylic acids is 1. The highest BCUT2D eigenvalue weighted by Gasteiger charge is 2.19. The van der Waals surface area contributed by atoms with E-state index in [1.54, 1.807) is 26.0 Å². The number of hydrogen-bond donors (Lipinski definition) is 0. The van der Waals surface area contributed by atoms with E-state index in [9.17, 15) is 9.59 Å². The van der Waals surface area contributed by atoms with E-state index in [0.29, 0.717) is 11.3 Å². The van der Waals surface area contributed by atoms with Crippen LogP contribution in [0.3, 0.4) is 0 Å². The van der Waals surface area contributed by atoms with Gasteiger partial charge in [0.25, 0.3) is 0 Å². The summed E-state index contributed by atoms with van der Waals surface area (Å²) < 4.78 is 15.8. The number of benzene rings is 1. The van der Waals surface area contributed by atoms with Crippen molar-refractivity contribution in [3.05, 3.63) is 39.7 Å². The van der Waals surface area contributed by atoms with Crippen molar-refractivity contribution in [2.75, 3.05) is 6.61 Å². The van der Waals surface area contributed by atoms with E-state index < -0.39 is 5.97 Å². The maximum atomic E-state index is 11.9. The van der Waals surface area contributed by atoms with E-state index in [-0.39, 0.29) is 18.3 Å². The molecular formula is C17H18O5. The quantitative estimate of drug-likeness (QED) is 0.641. The molecule has 1 aliphatic carbocycles. The number of carbonyl (C=O) groups is 1. The smallest absolute Gasteiger partial charge is 0.344 e. The average molecular weight is 302 g/mol. The molecule has 3 rings (SSSR count). The third-order valence-electron chi connectivity index (χ3n) is 3.67. The predicted molar refractivity (Wildman–Crippen MR) is 81.2 cm³/mol. The highest BCUT2D eigenvalue weighted by atomic mass is 16.6. The number of hydrogen-bond acceptors (Lipinski definition) is 5. The second-order valence-electron chi connectivity index (χ2n) is 5.69. The van der Waals surface area contributed by atoms with E-state index in [4.69, 9.17) is 13.9 Å². The van der Waals surface area contributed by atoms with Crippen molar-refractivity contribution < 1.29 is 18.7 Å². The number of esters is 1. The average Bonchev–Trinajstić information content (AvgIpc) is 2.94. The Morgan fingerprint density at radius 1 is 1.27 bits per heavy atom. The molecule has 0 N–H and O–H groups in total. The lowest BCUT2D eigenvalue weighted by Gasteiger charge is -2.10. The van der Waals surface area contributed by atoms with Gasteiger partial charge < -0.3 is 13.9 Å². The van der Waals surface area contributed by atoms with Crippen molar-refractivity contribution in [1.82, 2.24) is 0 Å². The van der Waals surface area contributed by atoms with Crippen LogP contribution in [0.4, 0.5) is 0 Å². The zero-order valence-electron chi connectivity index (χ0n) is 12.7. The molecule has 0 aliphatic heterocycles. The summed E-state index contributed by atoms with van der Waals surface area (Å²) in [5, 5.41) is 0.948. The lowest BCUT2D eigenvalue weighted by molar-refractivity contribution is -0.149. The van der Waals surface area contributed by atoms with Crippen LogP contribution in [0.2, 0.25) is 0 Å². The molecule has 0 bridgehead atoms. The first-order chi connectivity index (χ1) is 10.5. The van der Waals surface area contributed by atoms with Gasteiger partial charge in [-0.15, -0.1) is 0 Å². The van der Waals surface area contributed by atoms with E-state index in [2.05, 4.69) is 0 Å². The van der Waals surface area contributed by atoms with Crippen molar-refractivity contribution in [3.8, 4) is 5.75 Å². The number of rotatable bonds is 4. The summed E-state index contributed by atoms with van der Waals surface area (Å²) in [6, 6.07) is 5.31. The summed E-state index contributed by atoms with van der Waals surface area (Å²) in [4.78, 5) is 23.4. The Morgan fingerprint density at radius 2 is 2.05 bits per heavy atom. The zero-order chi connectivity index (χ0) is 15.7. The molecule has 0 amide bonds. The normalized spacial score (nSPS) is 13.4. The molecule has 1 heterocycles. The molecule has 0 saturated carbocycles. The Balaban J connectivity index is 1.83. The van der Waals surface area contributed by atoms with Crippen LogP contribution in [0.5, 0.6) is 5.75 Å². The fourth-order valence-corrected chi connectivity index (χ4v) is 2.79. The van der Waals surface area contributed by atoms with Crippen molar-refractivity contribution in [2.24, 2.45) is 0 Å². The van der Waals surface area contributed by atoms with Crippen molar-refractivity contribution >= 4 is 16.9 Å². The molecule has 1 aliphatic rings. The van der Waals surface area contributed by atoms with Gasteiger partial charge in [0.1, 0.15) is 11.3 Å². The van der Waals surface area contributed by atoms with Crippen LogP contribution in [0.15, 0.2) is 27.4 Å². The Bertz CT molecular complexity index is 772. The first kappa shape index (κ1) is 14.6. The zero-order valence-corrected chi connectivity index (χ0v) is 12.7. The molecular weight excluding hydrogens is 284 g/mol. The maximum absolute atomic E-state index is 11.9. The van der Waals surface area contributed by atoms with Gasteiger partial charge in [-0.2, -0.15) is 0 Å². The minimum atomic E-state index is -0.425. The highest BCUT2D eigenvalue weighted by Crippen LogP contribution is 2.29. The molecule has 116 valence electrons. The molecule has 22 heavy (non-hydrogen) atoms. The monoisotopic (exact) mass is 302 g/mol. The summed E-state index contributed by atoms with van der Waals surface area (Å²) in [7, 11) is 0. The van der Waals surface area contributed by atoms with Crippen molar-refractivity contribution in [1.29, 1.82) is 0 Å². The molecule has 0 atom stereocenters. The number of fused-ring (bicyclic) bond motifs is 3. The van der Waals surface area contributed by atoms with Crippen molar-refractivity contribution in [2.45, 2.75) is 39.2 Å². The molecule has 0 radical (unpaired) electrons. The molecule has 2 aromatic rings. The highest BCUT2D eigenvalue weighted by molar-refractivity contribution is 5.83. The Labute approximate surface area is 127 Å². The molecule has 0 spiro atoms. The van der Waals surface area contributed by atoms with Gasteiger partial charge in [-0.05, 0) is 50.8 Å². The second kappa shape index (κ2) is 5.83. The third kappa shape index (κ3) is 2.84. The fourth-order valence-electron chi connectivity index (χ4n) is 2.79. The van der Waals surface area contributed by atoms with Crippen LogP contribution in [-0.4, -0.2) is 18.7 Å². The summed E-state index contributed by atoms with van der Waals surface area (Å²) in [5.41, 5.74) is 2.11. The van der Waals surface area contributed by atoms with Gasteiger partial charge in [-0.1, -0.05) is 0 Å². The molecule has 5 heteroatoms. The van der Waals surface area contributed by atoms with E-state index in [0.717, 1.165) is 35.8 Å². The molecule has 1 aromatic carbocycles. The van der Waals surface area contributed by atoms with Crippen LogP contribution in [0.1, 0.15) is 31.4 Å². The largest absolute Gasteiger partial charge is 0.482 e. The van der Waals surface area contributed by atoms with Gasteiger partial charge in [0.05, 0.1) is 6.10 Å². The standard InChI is InChI=1S/C17H18O5/c1-10(2)21-16(18)9-20-11-6-7-13-12-4-3-5-14(12)17(19)22-15(13)8-11/h6-8,10H,3-5,9H2,1-2H3. The first-order valence-corrected chi connectivity index (χ1v) is 7.45. The Hall–Kier alpha value is -2.30. The first-order valence-electron chi connectivity index (χ1n) is 7.45. The summed E-state index contributed by atoms with van der Waals surface area (Å²) in [5.74, 6) is 0.0554. The van der Waals surface area contributed by atoms with E-state index >= 15 is 0 Å². The summed E-state index contributed by atoms with van der Waals surface area (Å²) in [6.45, 7) is 3.39. The molecule has 0 saturated heterocycles. The van der Waals surface area contributed by atoms with Crippen molar-refractivity contribution in [3.63, 3.8) is 0 Å². The SMILES string of the molecule is CC(C)OC(=O)COc1ccc2c3c(c(=O)oc2c1)CCC3. The Morgan fingerprint density at radius 3 is 2.82 bits per heavy atom. The van der Waals surface area contributed by atoms with E-state index in [1.165, 1.54) is 0 Å². The van der Waals surface area contributed by atoms with E-state index in [1.807, 2.05) is 6.07 Å². The van der Waals surface area contributed by atoms with Gasteiger partial charge in [0.15, 0.2) is 6.61 Å². The van der Waals surface area contributed by atoms with Gasteiger partial charge in [-0.25, -0.2) is 9.59 Å². The lowest BCUT2D eigenvalue weighted by atomic mass is 10.1. The van der Waals surface area contributed by atoms with Crippen LogP contribution >= 0.6 is 0 Å². The predicted octanol–water partition coefficient (Wildman–Crippen LogP) is 2.61. The summed E-state index contributed by atoms with van der Waals surface area (Å²) >= 11 is 0. The van der Waals surface area contributed by atoms with Crippen LogP contribution in [0, 0.1) is 0 Å². The van der Waals surface area contributed by atoms with Gasteiger partial charge in [-0.3, -0.25) is 0 Å². The van der Waals surface area contributed by atoms with Gasteiger partial charge in [0, 0.05) is 17.0 Å². The molecule has 0 unspecified atom stereocenters. The van der Waals surface area contributed by atoms with Crippen LogP contribution in [0.25, 0.3) is 11.0 Å². The van der Waals surface area contributed by atoms with Crippen LogP contribution < -0.4 is 10.4 Å². The Kier molecular flexibility index (Phi) is 3.88. The minimum absolute atomic E-state index is 0.168. The molecule has 0 fully saturated rings. The number of aryl methyl sites for hydroxylation is 1. The topological polar surface area (TPSA) is 65.7 Å². The van der Waals surface area contributed by atoms with Gasteiger partial charge >= 0.3 is 11.6 Å². The second-order valence-corrected chi connectivity index (χ2v) is 5.69. The molecule has 1 aromatic heterocycles. The van der Waals surface area contributed by atoms with Gasteiger partial charge in [0.2, 0.25) is 0 Å². The third-order valence-corrected chi connectivity index (χ3v) is 3.67. The molecule has 5 nitrogen and oxygen atoms in total.